The van der Waals surface area contributed by atoms with Crippen molar-refractivity contribution in [2.24, 2.45) is 0 Å². The van der Waals surface area contributed by atoms with Gasteiger partial charge >= 0.3 is 0 Å². The van der Waals surface area contributed by atoms with Crippen LogP contribution in [0.2, 0.25) is 5.02 Å². The minimum absolute atomic E-state index is 0.0975. The van der Waals surface area contributed by atoms with E-state index >= 15 is 0 Å². The Morgan fingerprint density at radius 1 is 1.30 bits per heavy atom. The number of nitrogens with two attached hydrogens (primary N) is 1. The van der Waals surface area contributed by atoms with Gasteiger partial charge in [-0.3, -0.25) is 4.79 Å². The van der Waals surface area contributed by atoms with Crippen molar-refractivity contribution >= 4 is 45.8 Å². The van der Waals surface area contributed by atoms with E-state index in [-0.39, 0.29) is 18.2 Å². The second-order valence-corrected chi connectivity index (χ2v) is 5.79. The van der Waals surface area contributed by atoms with Gasteiger partial charge < -0.3 is 16.2 Å². The molecule has 6 heteroatoms. The van der Waals surface area contributed by atoms with Crippen LogP contribution < -0.4 is 11.1 Å². The summed E-state index contributed by atoms with van der Waals surface area (Å²) in [6.07, 6.45) is 0. The first-order valence-electron chi connectivity index (χ1n) is 5.78. The predicted molar refractivity (Wildman–Crippen MR) is 87.9 cm³/mol. The topological polar surface area (TPSA) is 75.3 Å². The fourth-order valence-corrected chi connectivity index (χ4v) is 2.44. The number of hydrogen-bond donors (Lipinski definition) is 3. The number of hydrogen-bond acceptors (Lipinski definition) is 3. The monoisotopic (exact) mass is 402 g/mol. The van der Waals surface area contributed by atoms with Crippen LogP contribution in [0.5, 0.6) is 5.75 Å². The lowest BCUT2D eigenvalue weighted by molar-refractivity contribution is 0.0950. The average Bonchev–Trinajstić information content (AvgIpc) is 2.42. The average molecular weight is 403 g/mol. The van der Waals surface area contributed by atoms with E-state index in [2.05, 4.69) is 27.9 Å². The number of anilines is 1. The van der Waals surface area contributed by atoms with Gasteiger partial charge in [-0.2, -0.15) is 0 Å². The molecule has 0 atom stereocenters. The second kappa shape index (κ2) is 6.32. The number of carbonyl (C=O) groups excluding carboxylic acids is 1. The number of amides is 1. The van der Waals surface area contributed by atoms with Gasteiger partial charge in [0, 0.05) is 26.4 Å². The van der Waals surface area contributed by atoms with E-state index < -0.39 is 0 Å². The van der Waals surface area contributed by atoms with Gasteiger partial charge in [-0.05, 0) is 59.0 Å². The van der Waals surface area contributed by atoms with Crippen molar-refractivity contribution in [2.45, 2.75) is 6.54 Å². The maximum atomic E-state index is 12.1. The third-order valence-corrected chi connectivity index (χ3v) is 3.89. The van der Waals surface area contributed by atoms with Crippen molar-refractivity contribution in [1.82, 2.24) is 5.32 Å². The Balaban J connectivity index is 2.12. The summed E-state index contributed by atoms with van der Waals surface area (Å²) in [7, 11) is 0. The van der Waals surface area contributed by atoms with Gasteiger partial charge in [-0.1, -0.05) is 11.6 Å². The Morgan fingerprint density at radius 3 is 2.80 bits per heavy atom. The van der Waals surface area contributed by atoms with Crippen LogP contribution in [0.4, 0.5) is 5.69 Å². The van der Waals surface area contributed by atoms with Crippen molar-refractivity contribution < 1.29 is 9.90 Å². The Hall–Kier alpha value is -1.47. The summed E-state index contributed by atoms with van der Waals surface area (Å²) >= 11 is 7.95. The van der Waals surface area contributed by atoms with Crippen molar-refractivity contribution in [2.75, 3.05) is 5.73 Å². The molecule has 0 fully saturated rings. The molecule has 0 aliphatic heterocycles. The molecule has 4 N–H and O–H groups in total. The van der Waals surface area contributed by atoms with Gasteiger partial charge in [-0.15, -0.1) is 0 Å². The summed E-state index contributed by atoms with van der Waals surface area (Å²) in [5.41, 5.74) is 7.24. The van der Waals surface area contributed by atoms with Gasteiger partial charge in [0.1, 0.15) is 5.75 Å². The van der Waals surface area contributed by atoms with Crippen LogP contribution in [0.1, 0.15) is 15.9 Å². The Labute approximate surface area is 135 Å². The molecule has 0 spiro atoms. The van der Waals surface area contributed by atoms with Gasteiger partial charge in [-0.25, -0.2) is 0 Å². The van der Waals surface area contributed by atoms with Crippen LogP contribution in [0.25, 0.3) is 0 Å². The van der Waals surface area contributed by atoms with Crippen LogP contribution in [0.15, 0.2) is 36.4 Å². The Morgan fingerprint density at radius 2 is 2.05 bits per heavy atom. The zero-order valence-electron chi connectivity index (χ0n) is 10.4. The highest BCUT2D eigenvalue weighted by Gasteiger charge is 2.11. The molecule has 0 saturated carbocycles. The summed E-state index contributed by atoms with van der Waals surface area (Å²) in [6.45, 7) is 0.193. The van der Waals surface area contributed by atoms with Gasteiger partial charge in [0.2, 0.25) is 0 Å². The fourth-order valence-electron chi connectivity index (χ4n) is 1.69. The highest BCUT2D eigenvalue weighted by Crippen LogP contribution is 2.21. The maximum Gasteiger partial charge on any atom is 0.252 e. The number of carbonyl (C=O) groups is 1. The zero-order valence-corrected chi connectivity index (χ0v) is 13.3. The van der Waals surface area contributed by atoms with Crippen LogP contribution in [0.3, 0.4) is 0 Å². The van der Waals surface area contributed by atoms with E-state index in [0.717, 1.165) is 3.57 Å². The molecule has 0 bridgehead atoms. The molecule has 0 radical (unpaired) electrons. The standard InChI is InChI=1S/C14H12ClIN2O2/c15-9-1-3-12(16)11(6-9)14(20)18-7-8-5-10(17)2-4-13(8)19/h1-6,19H,7,17H2,(H,18,20). The van der Waals surface area contributed by atoms with Crippen LogP contribution in [-0.4, -0.2) is 11.0 Å². The first kappa shape index (κ1) is 14.9. The molecule has 4 nitrogen and oxygen atoms in total. The predicted octanol–water partition coefficient (Wildman–Crippen LogP) is 3.16. The van der Waals surface area contributed by atoms with E-state index in [1.54, 1.807) is 30.3 Å². The van der Waals surface area contributed by atoms with E-state index in [1.807, 2.05) is 0 Å². The lowest BCUT2D eigenvalue weighted by Crippen LogP contribution is -2.23. The molecule has 1 amide bonds. The number of rotatable bonds is 3. The third-order valence-electron chi connectivity index (χ3n) is 2.72. The molecule has 0 aliphatic carbocycles. The van der Waals surface area contributed by atoms with Crippen molar-refractivity contribution in [3.63, 3.8) is 0 Å². The highest BCUT2D eigenvalue weighted by molar-refractivity contribution is 14.1. The molecule has 0 aliphatic rings. The largest absolute Gasteiger partial charge is 0.508 e. The molecule has 2 aromatic rings. The number of nitrogens with one attached hydrogen (secondary N) is 1. The third kappa shape index (κ3) is 3.55. The van der Waals surface area contributed by atoms with Crippen molar-refractivity contribution in [3.05, 3.63) is 56.1 Å². The van der Waals surface area contributed by atoms with Gasteiger partial charge in [0.25, 0.3) is 5.91 Å². The Bertz CT molecular complexity index is 662. The minimum atomic E-state index is -0.251. The van der Waals surface area contributed by atoms with E-state index in [4.69, 9.17) is 17.3 Å². The summed E-state index contributed by atoms with van der Waals surface area (Å²) in [4.78, 5) is 12.1. The SMILES string of the molecule is Nc1ccc(O)c(CNC(=O)c2cc(Cl)ccc2I)c1. The molecule has 0 saturated heterocycles. The first-order valence-corrected chi connectivity index (χ1v) is 7.23. The first-order chi connectivity index (χ1) is 9.47. The normalized spacial score (nSPS) is 10.3. The van der Waals surface area contributed by atoms with Gasteiger partial charge in [0.05, 0.1) is 5.56 Å². The van der Waals surface area contributed by atoms with E-state index in [0.29, 0.717) is 21.8 Å². The summed E-state index contributed by atoms with van der Waals surface area (Å²) in [5.74, 6) is -0.154. The van der Waals surface area contributed by atoms with Crippen LogP contribution >= 0.6 is 34.2 Å². The summed E-state index contributed by atoms with van der Waals surface area (Å²) < 4.78 is 0.807. The molecule has 0 heterocycles. The smallest absolute Gasteiger partial charge is 0.252 e. The number of phenols is 1. The van der Waals surface area contributed by atoms with E-state index in [9.17, 15) is 9.90 Å². The number of aromatic hydroxyl groups is 1. The molecular weight excluding hydrogens is 391 g/mol. The quantitative estimate of drug-likeness (QED) is 0.419. The fraction of sp³-hybridized carbons (Fsp3) is 0.0714. The van der Waals surface area contributed by atoms with Crippen LogP contribution in [0, 0.1) is 3.57 Å². The highest BCUT2D eigenvalue weighted by atomic mass is 127. The number of halogens is 2. The summed E-state index contributed by atoms with van der Waals surface area (Å²) in [6, 6.07) is 9.83. The minimum Gasteiger partial charge on any atom is -0.508 e. The maximum absolute atomic E-state index is 12.1. The number of benzene rings is 2. The van der Waals surface area contributed by atoms with Crippen molar-refractivity contribution in [3.8, 4) is 5.75 Å². The zero-order chi connectivity index (χ0) is 14.7. The molecule has 2 aromatic carbocycles. The Kier molecular flexibility index (Phi) is 4.72. The lowest BCUT2D eigenvalue weighted by atomic mass is 10.1. The molecule has 104 valence electrons. The number of phenolic OH excluding ortho intramolecular Hbond substituents is 1. The molecular formula is C14H12ClIN2O2. The number of nitrogen functional groups attached to an aromatic ring is 1. The van der Waals surface area contributed by atoms with Crippen LogP contribution in [-0.2, 0) is 6.54 Å². The van der Waals surface area contributed by atoms with Gasteiger partial charge in [0.15, 0.2) is 0 Å². The molecule has 0 unspecified atom stereocenters. The summed E-state index contributed by atoms with van der Waals surface area (Å²) in [5, 5.41) is 12.9. The molecule has 20 heavy (non-hydrogen) atoms. The van der Waals surface area contributed by atoms with Crippen molar-refractivity contribution in [1.29, 1.82) is 0 Å². The second-order valence-electron chi connectivity index (χ2n) is 4.19. The molecule has 2 rings (SSSR count). The molecule has 0 aromatic heterocycles. The van der Waals surface area contributed by atoms with E-state index in [1.165, 1.54) is 6.07 Å². The lowest BCUT2D eigenvalue weighted by Gasteiger charge is -2.09.